The largest absolute Gasteiger partial charge is 1.00 e. The van der Waals surface area contributed by atoms with E-state index in [9.17, 15) is 4.79 Å². The maximum atomic E-state index is 12.9. The number of hydrogen-bond donors (Lipinski definition) is 0. The van der Waals surface area contributed by atoms with E-state index in [1.54, 1.807) is 6.20 Å². The third kappa shape index (κ3) is 3.94. The fraction of sp³-hybridized carbons (Fsp3) is 0.0870. The first kappa shape index (κ1) is 19.7. The van der Waals surface area contributed by atoms with Crippen molar-refractivity contribution >= 4 is 16.9 Å². The molecule has 4 nitrogen and oxygen atoms in total. The van der Waals surface area contributed by atoms with Crippen LogP contribution in [0.1, 0.15) is 22.9 Å². The zero-order valence-electron chi connectivity index (χ0n) is 15.3. The van der Waals surface area contributed by atoms with Gasteiger partial charge in [0.05, 0.1) is 5.39 Å². The Morgan fingerprint density at radius 3 is 2.00 bits per heavy atom. The van der Waals surface area contributed by atoms with Crippen LogP contribution in [0.3, 0.4) is 0 Å². The third-order valence-corrected chi connectivity index (χ3v) is 4.58. The molecule has 0 saturated carbocycles. The van der Waals surface area contributed by atoms with Crippen LogP contribution in [-0.2, 0) is 4.74 Å². The Morgan fingerprint density at radius 1 is 0.857 bits per heavy atom. The molecule has 0 amide bonds. The number of halogens is 1. The van der Waals surface area contributed by atoms with Crippen LogP contribution in [-0.4, -0.2) is 11.2 Å². The van der Waals surface area contributed by atoms with Crippen molar-refractivity contribution in [3.63, 3.8) is 0 Å². The maximum absolute atomic E-state index is 12.9. The summed E-state index contributed by atoms with van der Waals surface area (Å²) in [5.74, 6) is 0. The fourth-order valence-corrected chi connectivity index (χ4v) is 3.18. The average molecular weight is 435 g/mol. The van der Waals surface area contributed by atoms with Gasteiger partial charge in [0.2, 0.25) is 5.69 Å². The summed E-state index contributed by atoms with van der Waals surface area (Å²) in [5.41, 5.74) is 2.57. The summed E-state index contributed by atoms with van der Waals surface area (Å²) in [4.78, 5) is 12.9. The van der Waals surface area contributed by atoms with Crippen molar-refractivity contribution in [2.45, 2.75) is 13.0 Å². The van der Waals surface area contributed by atoms with E-state index in [0.29, 0.717) is 0 Å². The second-order valence-electron chi connectivity index (χ2n) is 6.31. The van der Waals surface area contributed by atoms with Gasteiger partial charge < -0.3 is 21.7 Å². The van der Waals surface area contributed by atoms with E-state index in [-0.39, 0.29) is 17.0 Å². The molecule has 4 rings (SSSR count). The zero-order chi connectivity index (χ0) is 18.6. The topological polar surface area (TPSA) is 43.1 Å². The lowest BCUT2D eigenvalue weighted by atomic mass is 10.0. The molecule has 0 radical (unpaired) electrons. The Morgan fingerprint density at radius 2 is 1.39 bits per heavy atom. The quantitative estimate of drug-likeness (QED) is 0.460. The summed E-state index contributed by atoms with van der Waals surface area (Å²) >= 11 is 0. The normalized spacial score (nSPS) is 10.5. The van der Waals surface area contributed by atoms with Crippen molar-refractivity contribution in [2.75, 3.05) is 0 Å². The molecule has 0 bridgehead atoms. The number of carbonyl (C=O) groups excluding carboxylic acids is 1. The van der Waals surface area contributed by atoms with Crippen molar-refractivity contribution in [1.82, 2.24) is 5.10 Å². The van der Waals surface area contributed by atoms with Gasteiger partial charge in [-0.2, -0.15) is 4.79 Å². The highest BCUT2D eigenvalue weighted by atomic mass is 79.9. The number of ether oxygens (including phenoxy) is 1. The van der Waals surface area contributed by atoms with Crippen molar-refractivity contribution in [1.29, 1.82) is 0 Å². The van der Waals surface area contributed by atoms with Gasteiger partial charge >= 0.3 is 6.09 Å². The predicted octanol–water partition coefficient (Wildman–Crippen LogP) is 1.61. The van der Waals surface area contributed by atoms with E-state index in [4.69, 9.17) is 4.74 Å². The minimum absolute atomic E-state index is 0. The molecule has 140 valence electrons. The zero-order valence-corrected chi connectivity index (χ0v) is 16.9. The molecule has 0 fully saturated rings. The molecular formula is C23H19BrN2O2. The minimum atomic E-state index is -0.504. The molecule has 1 aromatic heterocycles. The number of benzene rings is 3. The summed E-state index contributed by atoms with van der Waals surface area (Å²) in [6, 6.07) is 27.3. The van der Waals surface area contributed by atoms with Crippen molar-refractivity contribution < 1.29 is 31.2 Å². The Kier molecular flexibility index (Phi) is 6.16. The fourth-order valence-electron chi connectivity index (χ4n) is 3.18. The monoisotopic (exact) mass is 434 g/mol. The summed E-state index contributed by atoms with van der Waals surface area (Å²) in [6.45, 7) is 1.87. The van der Waals surface area contributed by atoms with Crippen LogP contribution in [0.2, 0.25) is 0 Å². The van der Waals surface area contributed by atoms with Crippen LogP contribution in [0.4, 0.5) is 4.79 Å². The molecule has 4 aromatic rings. The molecule has 0 aliphatic carbocycles. The highest BCUT2D eigenvalue weighted by Gasteiger charge is 2.29. The maximum Gasteiger partial charge on any atom is 0.629 e. The number of hydrogen-bond acceptors (Lipinski definition) is 3. The van der Waals surface area contributed by atoms with Gasteiger partial charge in [-0.3, -0.25) is 0 Å². The molecule has 0 saturated heterocycles. The predicted molar refractivity (Wildman–Crippen MR) is 103 cm³/mol. The first-order valence-electron chi connectivity index (χ1n) is 8.81. The molecule has 3 aromatic carbocycles. The smallest absolute Gasteiger partial charge is 0.629 e. The van der Waals surface area contributed by atoms with Gasteiger partial charge in [0, 0.05) is 22.1 Å². The van der Waals surface area contributed by atoms with Crippen LogP contribution in [0.25, 0.3) is 10.8 Å². The molecular weight excluding hydrogens is 416 g/mol. The van der Waals surface area contributed by atoms with Gasteiger partial charge in [-0.05, 0) is 17.2 Å². The number of aromatic nitrogens is 2. The van der Waals surface area contributed by atoms with Crippen LogP contribution in [0.5, 0.6) is 0 Å². The highest BCUT2D eigenvalue weighted by Crippen LogP contribution is 2.26. The van der Waals surface area contributed by atoms with Gasteiger partial charge in [0.25, 0.3) is 0 Å². The number of fused-ring (bicyclic) bond motifs is 1. The van der Waals surface area contributed by atoms with Gasteiger partial charge in [0.1, 0.15) is 6.20 Å². The standard InChI is InChI=1S/C23H19N2O2.BrH/c1-17-21-15-9-8-14-20(21)16-24-25(17)23(26)27-22(18-10-4-2-5-11-18)19-12-6-3-7-13-19;/h2-16,22H,1H3;1H/q+1;/p-1. The van der Waals surface area contributed by atoms with Crippen molar-refractivity contribution in [3.05, 3.63) is 108 Å². The Labute approximate surface area is 174 Å². The van der Waals surface area contributed by atoms with Gasteiger partial charge in [-0.15, -0.1) is 0 Å². The van der Waals surface area contributed by atoms with Crippen LogP contribution in [0, 0.1) is 6.92 Å². The number of rotatable bonds is 3. The number of nitrogens with zero attached hydrogens (tertiary/aromatic N) is 2. The SMILES string of the molecule is Cc1c2ccccc2cn[n+]1C(=O)OC(c1ccccc1)c1ccccc1.[Br-]. The Bertz CT molecular complexity index is 1050. The second kappa shape index (κ2) is 8.76. The molecule has 28 heavy (non-hydrogen) atoms. The van der Waals surface area contributed by atoms with Crippen LogP contribution in [0.15, 0.2) is 91.1 Å². The first-order valence-corrected chi connectivity index (χ1v) is 8.81. The van der Waals surface area contributed by atoms with E-state index in [1.807, 2.05) is 91.9 Å². The summed E-state index contributed by atoms with van der Waals surface area (Å²) in [7, 11) is 0. The minimum Gasteiger partial charge on any atom is -1.00 e. The van der Waals surface area contributed by atoms with Gasteiger partial charge in [-0.25, -0.2) is 0 Å². The van der Waals surface area contributed by atoms with E-state index in [0.717, 1.165) is 27.6 Å². The van der Waals surface area contributed by atoms with Crippen LogP contribution < -0.4 is 21.7 Å². The van der Waals surface area contributed by atoms with E-state index >= 15 is 0 Å². The molecule has 1 heterocycles. The summed E-state index contributed by atoms with van der Waals surface area (Å²) in [6.07, 6.45) is 0.680. The Hall–Kier alpha value is -3.05. The van der Waals surface area contributed by atoms with E-state index in [2.05, 4.69) is 5.10 Å². The number of aryl methyl sites for hydroxylation is 1. The lowest BCUT2D eigenvalue weighted by Gasteiger charge is -2.16. The summed E-state index contributed by atoms with van der Waals surface area (Å²) < 4.78 is 7.22. The molecule has 0 atom stereocenters. The molecule has 0 aliphatic heterocycles. The molecule has 5 heteroatoms. The number of carbonyl (C=O) groups is 1. The molecule has 0 aliphatic rings. The lowest BCUT2D eigenvalue weighted by molar-refractivity contribution is -0.653. The van der Waals surface area contributed by atoms with E-state index in [1.165, 1.54) is 4.68 Å². The third-order valence-electron chi connectivity index (χ3n) is 4.58. The molecule has 0 spiro atoms. The second-order valence-corrected chi connectivity index (χ2v) is 6.31. The highest BCUT2D eigenvalue weighted by molar-refractivity contribution is 5.83. The first-order chi connectivity index (χ1) is 13.2. The molecule has 0 N–H and O–H groups in total. The van der Waals surface area contributed by atoms with Gasteiger partial charge in [-0.1, -0.05) is 78.9 Å². The lowest BCUT2D eigenvalue weighted by Crippen LogP contribution is -3.00. The van der Waals surface area contributed by atoms with Crippen molar-refractivity contribution in [2.24, 2.45) is 0 Å². The van der Waals surface area contributed by atoms with Gasteiger partial charge in [0.15, 0.2) is 6.10 Å². The summed E-state index contributed by atoms with van der Waals surface area (Å²) in [5, 5.41) is 6.25. The average Bonchev–Trinajstić information content (AvgIpc) is 2.73. The van der Waals surface area contributed by atoms with Crippen LogP contribution >= 0.6 is 0 Å². The Balaban J connectivity index is 0.00000225. The van der Waals surface area contributed by atoms with Crippen molar-refractivity contribution in [3.8, 4) is 0 Å². The van der Waals surface area contributed by atoms with E-state index < -0.39 is 12.2 Å². The molecule has 0 unspecified atom stereocenters.